The molecule has 2 N–H and O–H groups in total. The first-order valence-electron chi connectivity index (χ1n) is 2.49. The lowest BCUT2D eigenvalue weighted by Crippen LogP contribution is -2.14. The summed E-state index contributed by atoms with van der Waals surface area (Å²) in [4.78, 5) is 10.5. The first kappa shape index (κ1) is 6.95. The topological polar surface area (TPSA) is 68.9 Å². The van der Waals surface area contributed by atoms with Crippen LogP contribution in [0.2, 0.25) is 5.02 Å². The molecule has 52 valence electrons. The van der Waals surface area contributed by atoms with Gasteiger partial charge in [0.2, 0.25) is 0 Å². The lowest BCUT2D eigenvalue weighted by Gasteiger charge is -1.92. The van der Waals surface area contributed by atoms with E-state index >= 15 is 0 Å². The van der Waals surface area contributed by atoms with Crippen LogP contribution < -0.4 is 5.73 Å². The minimum absolute atomic E-state index is 0.00386. The Morgan fingerprint density at radius 2 is 2.40 bits per heavy atom. The Hall–Kier alpha value is -1.16. The minimum atomic E-state index is -0.668. The van der Waals surface area contributed by atoms with E-state index in [2.05, 4.69) is 10.2 Å². The van der Waals surface area contributed by atoms with Crippen molar-refractivity contribution in [2.75, 3.05) is 0 Å². The van der Waals surface area contributed by atoms with Gasteiger partial charge in [-0.2, -0.15) is 5.10 Å². The molecular weight excluding hydrogens is 154 g/mol. The van der Waals surface area contributed by atoms with Crippen LogP contribution in [0.1, 0.15) is 10.5 Å². The fourth-order valence-corrected chi connectivity index (χ4v) is 0.671. The van der Waals surface area contributed by atoms with Crippen LogP contribution in [0.4, 0.5) is 0 Å². The molecule has 1 rings (SSSR count). The summed E-state index contributed by atoms with van der Waals surface area (Å²) < 4.78 is 0. The summed E-state index contributed by atoms with van der Waals surface area (Å²) in [6, 6.07) is 1.45. The van der Waals surface area contributed by atoms with Crippen molar-refractivity contribution in [3.05, 3.63) is 23.0 Å². The maximum atomic E-state index is 10.5. The van der Waals surface area contributed by atoms with Gasteiger partial charge in [-0.1, -0.05) is 11.6 Å². The van der Waals surface area contributed by atoms with Gasteiger partial charge in [0.1, 0.15) is 0 Å². The smallest absolute Gasteiger partial charge is 0.270 e. The maximum absolute atomic E-state index is 10.5. The number of halogens is 1. The average Bonchev–Trinajstić information content (AvgIpc) is 1.88. The molecule has 0 aliphatic carbocycles. The zero-order valence-electron chi connectivity index (χ0n) is 4.91. The van der Waals surface area contributed by atoms with E-state index < -0.39 is 5.91 Å². The SMILES string of the molecule is NC(=O)c1nnccc1Cl. The minimum Gasteiger partial charge on any atom is -0.364 e. The standard InChI is InChI=1S/C5H4ClN3O/c6-3-1-2-8-9-4(3)5(7)10/h1-2H,(H2,7,10). The molecule has 4 nitrogen and oxygen atoms in total. The van der Waals surface area contributed by atoms with Crippen molar-refractivity contribution in [3.63, 3.8) is 0 Å². The number of nitrogens with zero attached hydrogens (tertiary/aromatic N) is 2. The summed E-state index contributed by atoms with van der Waals surface area (Å²) in [5.74, 6) is -0.668. The maximum Gasteiger partial charge on any atom is 0.270 e. The van der Waals surface area contributed by atoms with E-state index in [9.17, 15) is 4.79 Å². The highest BCUT2D eigenvalue weighted by molar-refractivity contribution is 6.33. The number of primary amides is 1. The first-order valence-corrected chi connectivity index (χ1v) is 2.86. The van der Waals surface area contributed by atoms with E-state index in [-0.39, 0.29) is 10.7 Å². The highest BCUT2D eigenvalue weighted by atomic mass is 35.5. The first-order chi connectivity index (χ1) is 4.72. The highest BCUT2D eigenvalue weighted by Crippen LogP contribution is 2.08. The molecule has 5 heteroatoms. The number of hydrogen-bond acceptors (Lipinski definition) is 3. The van der Waals surface area contributed by atoms with E-state index in [1.54, 1.807) is 0 Å². The molecule has 0 saturated heterocycles. The second kappa shape index (κ2) is 2.62. The summed E-state index contributed by atoms with van der Waals surface area (Å²) in [6.07, 6.45) is 1.38. The van der Waals surface area contributed by atoms with E-state index in [0.29, 0.717) is 0 Å². The third kappa shape index (κ3) is 1.22. The number of carbonyl (C=O) groups is 1. The second-order valence-electron chi connectivity index (χ2n) is 1.59. The normalized spacial score (nSPS) is 9.30. The third-order valence-electron chi connectivity index (χ3n) is 0.905. The Bertz CT molecular complexity index is 263. The van der Waals surface area contributed by atoms with Gasteiger partial charge in [-0.25, -0.2) is 0 Å². The number of rotatable bonds is 1. The van der Waals surface area contributed by atoms with Crippen LogP contribution >= 0.6 is 11.6 Å². The molecule has 10 heavy (non-hydrogen) atoms. The monoisotopic (exact) mass is 157 g/mol. The van der Waals surface area contributed by atoms with Crippen LogP contribution in [-0.4, -0.2) is 16.1 Å². The van der Waals surface area contributed by atoms with E-state index in [0.717, 1.165) is 0 Å². The van der Waals surface area contributed by atoms with Crippen molar-refractivity contribution in [2.24, 2.45) is 5.73 Å². The molecule has 1 aromatic rings. The van der Waals surface area contributed by atoms with Crippen molar-refractivity contribution < 1.29 is 4.79 Å². The van der Waals surface area contributed by atoms with Gasteiger partial charge in [-0.15, -0.1) is 5.10 Å². The molecule has 0 fully saturated rings. The number of nitrogens with two attached hydrogens (primary N) is 1. The fraction of sp³-hybridized carbons (Fsp3) is 0. The molecule has 0 saturated carbocycles. The van der Waals surface area contributed by atoms with Crippen molar-refractivity contribution in [2.45, 2.75) is 0 Å². The van der Waals surface area contributed by atoms with Gasteiger partial charge < -0.3 is 5.73 Å². The third-order valence-corrected chi connectivity index (χ3v) is 1.21. The van der Waals surface area contributed by atoms with Gasteiger partial charge in [0.25, 0.3) is 5.91 Å². The fourth-order valence-electron chi connectivity index (χ4n) is 0.484. The summed E-state index contributed by atoms with van der Waals surface area (Å²) in [6.45, 7) is 0. The quantitative estimate of drug-likeness (QED) is 0.635. The Morgan fingerprint density at radius 1 is 1.70 bits per heavy atom. The van der Waals surface area contributed by atoms with Crippen molar-refractivity contribution in [1.29, 1.82) is 0 Å². The van der Waals surface area contributed by atoms with Gasteiger partial charge in [-0.3, -0.25) is 4.79 Å². The van der Waals surface area contributed by atoms with Crippen LogP contribution in [0.15, 0.2) is 12.3 Å². The second-order valence-corrected chi connectivity index (χ2v) is 2.00. The highest BCUT2D eigenvalue weighted by Gasteiger charge is 2.06. The molecule has 1 heterocycles. The van der Waals surface area contributed by atoms with E-state index in [1.807, 2.05) is 0 Å². The van der Waals surface area contributed by atoms with Gasteiger partial charge in [0.05, 0.1) is 11.2 Å². The molecule has 0 radical (unpaired) electrons. The molecule has 0 bridgehead atoms. The van der Waals surface area contributed by atoms with E-state index in [4.69, 9.17) is 17.3 Å². The Kier molecular flexibility index (Phi) is 1.82. The predicted molar refractivity (Wildman–Crippen MR) is 35.6 cm³/mol. The Labute approximate surface area is 62.0 Å². The van der Waals surface area contributed by atoms with Gasteiger partial charge in [0.15, 0.2) is 5.69 Å². The van der Waals surface area contributed by atoms with Crippen LogP contribution in [0.25, 0.3) is 0 Å². The predicted octanol–water partition coefficient (Wildman–Crippen LogP) is 0.229. The summed E-state index contributed by atoms with van der Waals surface area (Å²) in [5, 5.41) is 7.08. The zero-order chi connectivity index (χ0) is 7.56. The van der Waals surface area contributed by atoms with Crippen molar-refractivity contribution >= 4 is 17.5 Å². The van der Waals surface area contributed by atoms with Crippen LogP contribution in [0.3, 0.4) is 0 Å². The molecule has 0 aliphatic heterocycles. The van der Waals surface area contributed by atoms with Crippen molar-refractivity contribution in [1.82, 2.24) is 10.2 Å². The largest absolute Gasteiger partial charge is 0.364 e. The summed E-state index contributed by atoms with van der Waals surface area (Å²) >= 11 is 5.52. The molecule has 0 unspecified atom stereocenters. The molecule has 0 spiro atoms. The Morgan fingerprint density at radius 3 is 2.80 bits per heavy atom. The molecule has 0 aromatic carbocycles. The summed E-state index contributed by atoms with van der Waals surface area (Å²) in [7, 11) is 0. The van der Waals surface area contributed by atoms with E-state index in [1.165, 1.54) is 12.3 Å². The number of amides is 1. The Balaban J connectivity index is 3.15. The van der Waals surface area contributed by atoms with Crippen molar-refractivity contribution in [3.8, 4) is 0 Å². The number of aromatic nitrogens is 2. The van der Waals surface area contributed by atoms with Gasteiger partial charge >= 0.3 is 0 Å². The lowest BCUT2D eigenvalue weighted by atomic mass is 10.4. The zero-order valence-corrected chi connectivity index (χ0v) is 5.67. The van der Waals surface area contributed by atoms with Gasteiger partial charge in [0, 0.05) is 0 Å². The average molecular weight is 158 g/mol. The van der Waals surface area contributed by atoms with Crippen LogP contribution in [0, 0.1) is 0 Å². The molecule has 0 aliphatic rings. The molecule has 1 amide bonds. The lowest BCUT2D eigenvalue weighted by molar-refractivity contribution is 0.0995. The molecular formula is C5H4ClN3O. The van der Waals surface area contributed by atoms with Gasteiger partial charge in [-0.05, 0) is 6.07 Å². The summed E-state index contributed by atoms with van der Waals surface area (Å²) in [5.41, 5.74) is 4.89. The molecule has 1 aromatic heterocycles. The van der Waals surface area contributed by atoms with Crippen LogP contribution in [0.5, 0.6) is 0 Å². The molecule has 0 atom stereocenters. The van der Waals surface area contributed by atoms with Crippen LogP contribution in [-0.2, 0) is 0 Å². The number of hydrogen-bond donors (Lipinski definition) is 1. The number of carbonyl (C=O) groups excluding carboxylic acids is 1.